The molecule has 6 nitrogen and oxygen atoms in total. The summed E-state index contributed by atoms with van der Waals surface area (Å²) in [5, 5.41) is 8.66. The lowest BCUT2D eigenvalue weighted by Gasteiger charge is -2.24. The number of hydrogen-bond donors (Lipinski definition) is 0. The summed E-state index contributed by atoms with van der Waals surface area (Å²) >= 11 is 3.74. The fraction of sp³-hybridized carbons (Fsp3) is 0.474. The van der Waals surface area contributed by atoms with Crippen molar-refractivity contribution in [2.45, 2.75) is 53.5 Å². The third-order valence-electron chi connectivity index (χ3n) is 4.39. The van der Waals surface area contributed by atoms with Crippen LogP contribution in [0, 0.1) is 6.92 Å². The summed E-state index contributed by atoms with van der Waals surface area (Å²) in [5.74, 6) is 2.01. The third-order valence-corrected chi connectivity index (χ3v) is 5.03. The Bertz CT molecular complexity index is 918. The van der Waals surface area contributed by atoms with Crippen LogP contribution < -0.4 is 4.90 Å². The van der Waals surface area contributed by atoms with Crippen LogP contribution >= 0.6 is 15.9 Å². The molecule has 0 amide bonds. The Kier molecular flexibility index (Phi) is 5.55. The molecule has 0 saturated heterocycles. The second-order valence-electron chi connectivity index (χ2n) is 6.69. The van der Waals surface area contributed by atoms with E-state index in [4.69, 9.17) is 4.98 Å². The smallest absolute Gasteiger partial charge is 0.184 e. The molecule has 7 heteroatoms. The third kappa shape index (κ3) is 3.45. The highest BCUT2D eigenvalue weighted by Crippen LogP contribution is 2.35. The van der Waals surface area contributed by atoms with Crippen LogP contribution in [0.15, 0.2) is 22.7 Å². The van der Waals surface area contributed by atoms with Gasteiger partial charge in [-0.05, 0) is 59.8 Å². The molecule has 3 rings (SSSR count). The summed E-state index contributed by atoms with van der Waals surface area (Å²) in [5.41, 5.74) is 3.91. The van der Waals surface area contributed by atoms with E-state index in [1.54, 1.807) is 0 Å². The molecule has 0 fully saturated rings. The SMILES string of the molecule is CCCn1nnc2c(N(CC)c3ccc(C(C)C)cc3Br)nc(C)nc21. The van der Waals surface area contributed by atoms with Crippen LogP contribution in [0.1, 0.15) is 51.4 Å². The molecular formula is C19H25BrN6. The van der Waals surface area contributed by atoms with Crippen molar-refractivity contribution in [3.05, 3.63) is 34.1 Å². The van der Waals surface area contributed by atoms with Crippen LogP contribution in [0.2, 0.25) is 0 Å². The molecule has 0 atom stereocenters. The first kappa shape index (κ1) is 18.8. The van der Waals surface area contributed by atoms with Crippen molar-refractivity contribution in [1.82, 2.24) is 25.0 Å². The number of nitrogens with zero attached hydrogens (tertiary/aromatic N) is 6. The summed E-state index contributed by atoms with van der Waals surface area (Å²) < 4.78 is 2.91. The molecule has 0 bridgehead atoms. The molecule has 3 aromatic rings. The zero-order chi connectivity index (χ0) is 18.8. The highest BCUT2D eigenvalue weighted by atomic mass is 79.9. The van der Waals surface area contributed by atoms with Gasteiger partial charge in [-0.15, -0.1) is 5.10 Å². The highest BCUT2D eigenvalue weighted by Gasteiger charge is 2.20. The van der Waals surface area contributed by atoms with Crippen LogP contribution in [0.25, 0.3) is 11.2 Å². The van der Waals surface area contributed by atoms with Gasteiger partial charge < -0.3 is 4.90 Å². The first-order valence-corrected chi connectivity index (χ1v) is 9.90. The lowest BCUT2D eigenvalue weighted by Crippen LogP contribution is -2.19. The fourth-order valence-corrected chi connectivity index (χ4v) is 3.64. The second-order valence-corrected chi connectivity index (χ2v) is 7.54. The lowest BCUT2D eigenvalue weighted by molar-refractivity contribution is 0.591. The largest absolute Gasteiger partial charge is 0.324 e. The van der Waals surface area contributed by atoms with Crippen LogP contribution in [-0.2, 0) is 6.54 Å². The number of rotatable bonds is 6. The molecule has 0 saturated carbocycles. The first-order chi connectivity index (χ1) is 12.5. The van der Waals surface area contributed by atoms with Crippen molar-refractivity contribution in [2.24, 2.45) is 0 Å². The monoisotopic (exact) mass is 416 g/mol. The van der Waals surface area contributed by atoms with Gasteiger partial charge in [-0.3, -0.25) is 0 Å². The standard InChI is InChI=1S/C19H25BrN6/c1-6-10-26-19-17(23-24-26)18(21-13(5)22-19)25(7-2)16-9-8-14(12(3)4)11-15(16)20/h8-9,11-12H,6-7,10H2,1-5H3. The molecule has 0 N–H and O–H groups in total. The van der Waals surface area contributed by atoms with Gasteiger partial charge in [0.05, 0.1) is 5.69 Å². The van der Waals surface area contributed by atoms with Crippen LogP contribution in [-0.4, -0.2) is 31.5 Å². The van der Waals surface area contributed by atoms with Gasteiger partial charge in [0.25, 0.3) is 0 Å². The van der Waals surface area contributed by atoms with E-state index in [9.17, 15) is 0 Å². The highest BCUT2D eigenvalue weighted by molar-refractivity contribution is 9.10. The zero-order valence-electron chi connectivity index (χ0n) is 16.0. The lowest BCUT2D eigenvalue weighted by atomic mass is 10.0. The summed E-state index contributed by atoms with van der Waals surface area (Å²) in [6, 6.07) is 6.50. The van der Waals surface area contributed by atoms with Crippen LogP contribution in [0.4, 0.5) is 11.5 Å². The van der Waals surface area contributed by atoms with E-state index in [2.05, 4.69) is 82.0 Å². The average molecular weight is 417 g/mol. The van der Waals surface area contributed by atoms with E-state index in [0.717, 1.165) is 52.5 Å². The molecule has 0 aliphatic rings. The Balaban J connectivity index is 2.14. The molecule has 2 aromatic heterocycles. The van der Waals surface area contributed by atoms with Gasteiger partial charge in [0.2, 0.25) is 0 Å². The molecule has 1 aromatic carbocycles. The number of halogens is 1. The fourth-order valence-electron chi connectivity index (χ4n) is 3.03. The maximum absolute atomic E-state index is 4.70. The van der Waals surface area contributed by atoms with E-state index in [0.29, 0.717) is 5.92 Å². The zero-order valence-corrected chi connectivity index (χ0v) is 17.6. The van der Waals surface area contributed by atoms with Gasteiger partial charge >= 0.3 is 0 Å². The molecular weight excluding hydrogens is 392 g/mol. The Morgan fingerprint density at radius 1 is 1.19 bits per heavy atom. The van der Waals surface area contributed by atoms with Gasteiger partial charge in [0.15, 0.2) is 17.0 Å². The molecule has 0 unspecified atom stereocenters. The number of fused-ring (bicyclic) bond motifs is 1. The maximum atomic E-state index is 4.70. The van der Waals surface area contributed by atoms with Crippen molar-refractivity contribution in [3.8, 4) is 0 Å². The van der Waals surface area contributed by atoms with E-state index in [1.807, 2.05) is 11.6 Å². The molecule has 138 valence electrons. The second kappa shape index (κ2) is 7.70. The number of aryl methyl sites for hydroxylation is 2. The van der Waals surface area contributed by atoms with Crippen LogP contribution in [0.5, 0.6) is 0 Å². The summed E-state index contributed by atoms with van der Waals surface area (Å²) in [7, 11) is 0. The molecule has 0 aliphatic heterocycles. The van der Waals surface area contributed by atoms with Gasteiger partial charge in [-0.2, -0.15) is 0 Å². The average Bonchev–Trinajstić information content (AvgIpc) is 3.00. The summed E-state index contributed by atoms with van der Waals surface area (Å²) in [4.78, 5) is 11.4. The Labute approximate surface area is 162 Å². The van der Waals surface area contributed by atoms with Gasteiger partial charge in [-0.25, -0.2) is 14.6 Å². The molecule has 0 radical (unpaired) electrons. The van der Waals surface area contributed by atoms with Crippen molar-refractivity contribution in [3.63, 3.8) is 0 Å². The molecule has 2 heterocycles. The van der Waals surface area contributed by atoms with Crippen molar-refractivity contribution in [1.29, 1.82) is 0 Å². The predicted octanol–water partition coefficient (Wildman–Crippen LogP) is 4.98. The maximum Gasteiger partial charge on any atom is 0.184 e. The minimum Gasteiger partial charge on any atom is -0.324 e. The Hall–Kier alpha value is -2.02. The quantitative estimate of drug-likeness (QED) is 0.566. The van der Waals surface area contributed by atoms with Crippen molar-refractivity contribution >= 4 is 38.6 Å². The summed E-state index contributed by atoms with van der Waals surface area (Å²) in [6.45, 7) is 12.1. The number of hydrogen-bond acceptors (Lipinski definition) is 5. The van der Waals surface area contributed by atoms with Crippen molar-refractivity contribution < 1.29 is 0 Å². The topological polar surface area (TPSA) is 59.7 Å². The molecule has 26 heavy (non-hydrogen) atoms. The van der Waals surface area contributed by atoms with Crippen LogP contribution in [0.3, 0.4) is 0 Å². The van der Waals surface area contributed by atoms with Crippen molar-refractivity contribution in [2.75, 3.05) is 11.4 Å². The van der Waals surface area contributed by atoms with E-state index in [-0.39, 0.29) is 0 Å². The van der Waals surface area contributed by atoms with E-state index in [1.165, 1.54) is 5.56 Å². The van der Waals surface area contributed by atoms with E-state index >= 15 is 0 Å². The Morgan fingerprint density at radius 3 is 2.58 bits per heavy atom. The molecule has 0 spiro atoms. The normalized spacial score (nSPS) is 11.5. The van der Waals surface area contributed by atoms with Gasteiger partial charge in [0.1, 0.15) is 5.82 Å². The Morgan fingerprint density at radius 2 is 1.96 bits per heavy atom. The predicted molar refractivity (Wildman–Crippen MR) is 109 cm³/mol. The van der Waals surface area contributed by atoms with Gasteiger partial charge in [-0.1, -0.05) is 32.1 Å². The molecule has 0 aliphatic carbocycles. The number of aromatic nitrogens is 5. The van der Waals surface area contributed by atoms with E-state index < -0.39 is 0 Å². The van der Waals surface area contributed by atoms with Gasteiger partial charge in [0, 0.05) is 17.6 Å². The minimum atomic E-state index is 0.484. The first-order valence-electron chi connectivity index (χ1n) is 9.11. The number of benzene rings is 1. The summed E-state index contributed by atoms with van der Waals surface area (Å²) in [6.07, 6.45) is 0.983. The number of anilines is 2. The minimum absolute atomic E-state index is 0.484.